The normalized spacial score (nSPS) is 17.0. The topological polar surface area (TPSA) is 29.9 Å². The van der Waals surface area contributed by atoms with Gasteiger partial charge in [-0.1, -0.05) is 0 Å². The van der Waals surface area contributed by atoms with Crippen molar-refractivity contribution in [3.8, 4) is 0 Å². The maximum atomic E-state index is 4.37. The van der Waals surface area contributed by atoms with Crippen molar-refractivity contribution in [3.63, 3.8) is 0 Å². The van der Waals surface area contributed by atoms with Gasteiger partial charge in [0.2, 0.25) is 0 Å². The highest BCUT2D eigenvalue weighted by Gasteiger charge is 2.37. The highest BCUT2D eigenvalue weighted by Crippen LogP contribution is 2.39. The van der Waals surface area contributed by atoms with E-state index in [2.05, 4.69) is 35.6 Å². The van der Waals surface area contributed by atoms with Crippen LogP contribution in [0.1, 0.15) is 39.4 Å². The van der Waals surface area contributed by atoms with E-state index in [-0.39, 0.29) is 5.54 Å². The summed E-state index contributed by atoms with van der Waals surface area (Å²) in [5, 5.41) is 3.61. The molecule has 0 atom stereocenters. The Morgan fingerprint density at radius 3 is 2.87 bits per heavy atom. The first-order chi connectivity index (χ1) is 7.13. The van der Waals surface area contributed by atoms with Crippen LogP contribution in [-0.2, 0) is 13.1 Å². The Bertz CT molecular complexity index is 323. The Hall–Kier alpha value is -0.830. The molecule has 3 heteroatoms. The third-order valence-corrected chi connectivity index (χ3v) is 3.44. The van der Waals surface area contributed by atoms with Gasteiger partial charge in [-0.25, -0.2) is 4.98 Å². The fourth-order valence-corrected chi connectivity index (χ4v) is 2.05. The second-order valence-electron chi connectivity index (χ2n) is 4.98. The standard InChI is InChI=1S/C12H21N3/c1-4-15-8-7-13-11(15)9-14-12(2,3)10-5-6-10/h7-8,10,14H,4-6,9H2,1-3H3. The smallest absolute Gasteiger partial charge is 0.122 e. The first-order valence-corrected chi connectivity index (χ1v) is 5.88. The summed E-state index contributed by atoms with van der Waals surface area (Å²) in [6.45, 7) is 8.62. The third-order valence-electron chi connectivity index (χ3n) is 3.44. The minimum absolute atomic E-state index is 0.268. The van der Waals surface area contributed by atoms with E-state index in [1.54, 1.807) is 0 Å². The monoisotopic (exact) mass is 207 g/mol. The molecule has 1 fully saturated rings. The van der Waals surface area contributed by atoms with Crippen LogP contribution in [0.4, 0.5) is 0 Å². The van der Waals surface area contributed by atoms with Gasteiger partial charge in [0.25, 0.3) is 0 Å². The fraction of sp³-hybridized carbons (Fsp3) is 0.750. The summed E-state index contributed by atoms with van der Waals surface area (Å²) >= 11 is 0. The summed E-state index contributed by atoms with van der Waals surface area (Å²) in [5.74, 6) is 2.01. The van der Waals surface area contributed by atoms with Gasteiger partial charge in [-0.15, -0.1) is 0 Å². The number of hydrogen-bond donors (Lipinski definition) is 1. The van der Waals surface area contributed by atoms with Crippen LogP contribution in [0.2, 0.25) is 0 Å². The predicted molar refractivity (Wildman–Crippen MR) is 61.5 cm³/mol. The van der Waals surface area contributed by atoms with Crippen molar-refractivity contribution in [2.24, 2.45) is 5.92 Å². The van der Waals surface area contributed by atoms with Crippen molar-refractivity contribution in [1.29, 1.82) is 0 Å². The molecule has 1 heterocycles. The first kappa shape index (κ1) is 10.7. The molecule has 0 aromatic carbocycles. The predicted octanol–water partition coefficient (Wildman–Crippen LogP) is 2.18. The Morgan fingerprint density at radius 2 is 2.27 bits per heavy atom. The average Bonchev–Trinajstić information content (AvgIpc) is 2.96. The molecule has 0 spiro atoms. The van der Waals surface area contributed by atoms with Crippen LogP contribution in [0.15, 0.2) is 12.4 Å². The number of aryl methyl sites for hydroxylation is 1. The number of hydrogen-bond acceptors (Lipinski definition) is 2. The Labute approximate surface area is 91.9 Å². The second kappa shape index (κ2) is 3.97. The van der Waals surface area contributed by atoms with Crippen molar-refractivity contribution >= 4 is 0 Å². The van der Waals surface area contributed by atoms with E-state index in [9.17, 15) is 0 Å². The molecule has 0 saturated heterocycles. The number of nitrogens with one attached hydrogen (secondary N) is 1. The Kier molecular flexibility index (Phi) is 2.83. The van der Waals surface area contributed by atoms with Gasteiger partial charge >= 0.3 is 0 Å². The lowest BCUT2D eigenvalue weighted by atomic mass is 9.99. The zero-order chi connectivity index (χ0) is 10.9. The first-order valence-electron chi connectivity index (χ1n) is 5.88. The van der Waals surface area contributed by atoms with Gasteiger partial charge in [0.15, 0.2) is 0 Å². The number of imidazole rings is 1. The van der Waals surface area contributed by atoms with Crippen LogP contribution in [-0.4, -0.2) is 15.1 Å². The third kappa shape index (κ3) is 2.40. The fourth-order valence-electron chi connectivity index (χ4n) is 2.05. The summed E-state index contributed by atoms with van der Waals surface area (Å²) in [6, 6.07) is 0. The molecule has 1 saturated carbocycles. The van der Waals surface area contributed by atoms with Crippen molar-refractivity contribution < 1.29 is 0 Å². The molecule has 2 rings (SSSR count). The minimum atomic E-state index is 0.268. The average molecular weight is 207 g/mol. The van der Waals surface area contributed by atoms with Gasteiger partial charge in [0.1, 0.15) is 5.82 Å². The van der Waals surface area contributed by atoms with Crippen LogP contribution in [0.3, 0.4) is 0 Å². The van der Waals surface area contributed by atoms with E-state index in [1.807, 2.05) is 12.4 Å². The largest absolute Gasteiger partial charge is 0.334 e. The summed E-state index contributed by atoms with van der Waals surface area (Å²) < 4.78 is 2.19. The number of aromatic nitrogens is 2. The van der Waals surface area contributed by atoms with E-state index >= 15 is 0 Å². The molecule has 84 valence electrons. The van der Waals surface area contributed by atoms with Gasteiger partial charge in [0.05, 0.1) is 6.54 Å². The summed E-state index contributed by atoms with van der Waals surface area (Å²) in [4.78, 5) is 4.37. The molecule has 0 amide bonds. The van der Waals surface area contributed by atoms with Gasteiger partial charge < -0.3 is 9.88 Å². The molecule has 1 aromatic rings. The van der Waals surface area contributed by atoms with Crippen LogP contribution in [0, 0.1) is 5.92 Å². The van der Waals surface area contributed by atoms with Gasteiger partial charge in [0, 0.05) is 24.5 Å². The van der Waals surface area contributed by atoms with E-state index in [1.165, 1.54) is 12.8 Å². The van der Waals surface area contributed by atoms with E-state index in [0.717, 1.165) is 24.8 Å². The van der Waals surface area contributed by atoms with Crippen LogP contribution in [0.5, 0.6) is 0 Å². The highest BCUT2D eigenvalue weighted by molar-refractivity contribution is 4.98. The molecule has 1 N–H and O–H groups in total. The maximum Gasteiger partial charge on any atom is 0.122 e. The van der Waals surface area contributed by atoms with E-state index in [0.29, 0.717) is 0 Å². The Morgan fingerprint density at radius 1 is 1.53 bits per heavy atom. The van der Waals surface area contributed by atoms with Crippen molar-refractivity contribution in [1.82, 2.24) is 14.9 Å². The molecule has 1 aromatic heterocycles. The second-order valence-corrected chi connectivity index (χ2v) is 4.98. The van der Waals surface area contributed by atoms with Gasteiger partial charge in [-0.05, 0) is 39.5 Å². The molecule has 0 radical (unpaired) electrons. The van der Waals surface area contributed by atoms with Gasteiger partial charge in [-0.2, -0.15) is 0 Å². The summed E-state index contributed by atoms with van der Waals surface area (Å²) in [5.41, 5.74) is 0.268. The number of nitrogens with zero attached hydrogens (tertiary/aromatic N) is 2. The van der Waals surface area contributed by atoms with Crippen LogP contribution < -0.4 is 5.32 Å². The zero-order valence-electron chi connectivity index (χ0n) is 9.95. The Balaban J connectivity index is 1.92. The highest BCUT2D eigenvalue weighted by atomic mass is 15.1. The van der Waals surface area contributed by atoms with Crippen LogP contribution >= 0.6 is 0 Å². The lowest BCUT2D eigenvalue weighted by Gasteiger charge is -2.26. The summed E-state index contributed by atoms with van der Waals surface area (Å²) in [6.07, 6.45) is 6.68. The quantitative estimate of drug-likeness (QED) is 0.802. The van der Waals surface area contributed by atoms with Crippen LogP contribution in [0.25, 0.3) is 0 Å². The molecule has 0 bridgehead atoms. The molecule has 0 aliphatic heterocycles. The van der Waals surface area contributed by atoms with E-state index < -0.39 is 0 Å². The van der Waals surface area contributed by atoms with Crippen molar-refractivity contribution in [2.75, 3.05) is 0 Å². The van der Waals surface area contributed by atoms with Gasteiger partial charge in [-0.3, -0.25) is 0 Å². The lowest BCUT2D eigenvalue weighted by molar-refractivity contribution is 0.333. The molecule has 1 aliphatic rings. The maximum absolute atomic E-state index is 4.37. The number of rotatable bonds is 5. The molecule has 15 heavy (non-hydrogen) atoms. The zero-order valence-corrected chi connectivity index (χ0v) is 9.95. The molecular weight excluding hydrogens is 186 g/mol. The molecule has 1 aliphatic carbocycles. The van der Waals surface area contributed by atoms with Crippen molar-refractivity contribution in [3.05, 3.63) is 18.2 Å². The van der Waals surface area contributed by atoms with E-state index in [4.69, 9.17) is 0 Å². The molecular formula is C12H21N3. The van der Waals surface area contributed by atoms with Crippen molar-refractivity contribution in [2.45, 2.75) is 52.2 Å². The lowest BCUT2D eigenvalue weighted by Crippen LogP contribution is -2.41. The minimum Gasteiger partial charge on any atom is -0.334 e. The molecule has 0 unspecified atom stereocenters. The summed E-state index contributed by atoms with van der Waals surface area (Å²) in [7, 11) is 0. The molecule has 3 nitrogen and oxygen atoms in total. The SMILES string of the molecule is CCn1ccnc1CNC(C)(C)C1CC1.